The molecule has 1 aromatic heterocycles. The zero-order valence-corrected chi connectivity index (χ0v) is 12.7. The molecule has 0 unspecified atom stereocenters. The van der Waals surface area contributed by atoms with Crippen molar-refractivity contribution in [1.29, 1.82) is 0 Å². The Kier molecular flexibility index (Phi) is 3.23. The number of fused-ring (bicyclic) bond motifs is 1. The largest absolute Gasteiger partial charge is 0.339 e. The van der Waals surface area contributed by atoms with Crippen LogP contribution in [-0.2, 0) is 4.79 Å². The van der Waals surface area contributed by atoms with E-state index in [2.05, 4.69) is 15.5 Å². The molecule has 0 bridgehead atoms. The molecule has 0 saturated carbocycles. The van der Waals surface area contributed by atoms with Crippen LogP contribution in [-0.4, -0.2) is 16.0 Å². The molecule has 1 aliphatic heterocycles. The third kappa shape index (κ3) is 2.48. The molecule has 4 rings (SSSR count). The maximum atomic E-state index is 13.5. The third-order valence-corrected chi connectivity index (χ3v) is 3.77. The van der Waals surface area contributed by atoms with E-state index in [9.17, 15) is 9.18 Å². The van der Waals surface area contributed by atoms with Crippen molar-refractivity contribution in [3.05, 3.63) is 65.3 Å². The first-order valence-electron chi connectivity index (χ1n) is 7.34. The van der Waals surface area contributed by atoms with Crippen LogP contribution < -0.4 is 5.32 Å². The van der Waals surface area contributed by atoms with Crippen molar-refractivity contribution in [2.75, 3.05) is 5.32 Å². The van der Waals surface area contributed by atoms with Gasteiger partial charge < -0.3 is 9.84 Å². The number of aromatic nitrogens is 2. The molecule has 0 aliphatic carbocycles. The summed E-state index contributed by atoms with van der Waals surface area (Å²) >= 11 is 0. The molecule has 0 atom stereocenters. The number of rotatable bonds is 2. The lowest BCUT2D eigenvalue weighted by molar-refractivity contribution is -0.110. The Morgan fingerprint density at radius 3 is 2.67 bits per heavy atom. The molecule has 2 heterocycles. The van der Waals surface area contributed by atoms with Crippen LogP contribution in [0.3, 0.4) is 0 Å². The van der Waals surface area contributed by atoms with E-state index in [4.69, 9.17) is 4.52 Å². The Balaban J connectivity index is 1.69. The molecule has 3 aromatic rings. The summed E-state index contributed by atoms with van der Waals surface area (Å²) in [5.41, 5.74) is 3.26. The van der Waals surface area contributed by atoms with Crippen molar-refractivity contribution < 1.29 is 13.7 Å². The molecule has 24 heavy (non-hydrogen) atoms. The van der Waals surface area contributed by atoms with Crippen LogP contribution in [0.25, 0.3) is 23.0 Å². The first kappa shape index (κ1) is 14.3. The van der Waals surface area contributed by atoms with E-state index >= 15 is 0 Å². The second-order valence-corrected chi connectivity index (χ2v) is 5.46. The van der Waals surface area contributed by atoms with E-state index < -0.39 is 0 Å². The van der Waals surface area contributed by atoms with Crippen LogP contribution >= 0.6 is 0 Å². The Labute approximate surface area is 136 Å². The Hall–Kier alpha value is -3.28. The highest BCUT2D eigenvalue weighted by Crippen LogP contribution is 2.33. The number of amides is 1. The fourth-order valence-electron chi connectivity index (χ4n) is 2.62. The van der Waals surface area contributed by atoms with E-state index in [0.29, 0.717) is 28.5 Å². The van der Waals surface area contributed by atoms with Crippen molar-refractivity contribution in [2.24, 2.45) is 0 Å². The van der Waals surface area contributed by atoms with Crippen molar-refractivity contribution in [2.45, 2.75) is 6.92 Å². The minimum Gasteiger partial charge on any atom is -0.339 e. The predicted octanol–water partition coefficient (Wildman–Crippen LogP) is 3.68. The van der Waals surface area contributed by atoms with Crippen molar-refractivity contribution in [1.82, 2.24) is 10.1 Å². The van der Waals surface area contributed by atoms with Crippen molar-refractivity contribution in [3.8, 4) is 11.4 Å². The molecule has 5 nitrogen and oxygen atoms in total. The highest BCUT2D eigenvalue weighted by atomic mass is 19.1. The van der Waals surface area contributed by atoms with E-state index in [-0.39, 0.29) is 11.7 Å². The number of carbonyl (C=O) groups excluding carboxylic acids is 1. The lowest BCUT2D eigenvalue weighted by Crippen LogP contribution is -2.03. The van der Waals surface area contributed by atoms with E-state index in [1.54, 1.807) is 19.1 Å². The summed E-state index contributed by atoms with van der Waals surface area (Å²) in [4.78, 5) is 16.3. The number of nitrogens with one attached hydrogen (secondary N) is 1. The molecule has 1 amide bonds. The van der Waals surface area contributed by atoms with Crippen LogP contribution in [0.4, 0.5) is 10.1 Å². The molecular weight excluding hydrogens is 309 g/mol. The molecule has 0 radical (unpaired) electrons. The third-order valence-electron chi connectivity index (χ3n) is 3.77. The number of hydrogen-bond donors (Lipinski definition) is 1. The summed E-state index contributed by atoms with van der Waals surface area (Å²) in [5.74, 6) is 0.391. The van der Waals surface area contributed by atoms with E-state index in [0.717, 1.165) is 11.1 Å². The average molecular weight is 321 g/mol. The van der Waals surface area contributed by atoms with E-state index in [1.165, 1.54) is 12.1 Å². The highest BCUT2D eigenvalue weighted by Gasteiger charge is 2.24. The van der Waals surface area contributed by atoms with Gasteiger partial charge in [0.25, 0.3) is 5.91 Å². The molecule has 1 N–H and O–H groups in total. The molecule has 2 aromatic carbocycles. The summed E-state index contributed by atoms with van der Waals surface area (Å²) in [5, 5.41) is 6.59. The smallest absolute Gasteiger partial charge is 0.256 e. The van der Waals surface area contributed by atoms with Gasteiger partial charge in [0.1, 0.15) is 5.82 Å². The van der Waals surface area contributed by atoms with Gasteiger partial charge in [0, 0.05) is 29.3 Å². The number of halogens is 1. The molecule has 6 heteroatoms. The quantitative estimate of drug-likeness (QED) is 0.731. The van der Waals surface area contributed by atoms with E-state index in [1.807, 2.05) is 24.3 Å². The molecule has 0 saturated heterocycles. The van der Waals surface area contributed by atoms with Gasteiger partial charge in [-0.15, -0.1) is 0 Å². The highest BCUT2D eigenvalue weighted by molar-refractivity contribution is 6.34. The van der Waals surface area contributed by atoms with Gasteiger partial charge >= 0.3 is 0 Å². The summed E-state index contributed by atoms with van der Waals surface area (Å²) in [6.07, 6.45) is 1.73. The minimum atomic E-state index is -0.376. The van der Waals surface area contributed by atoms with Gasteiger partial charge in [-0.3, -0.25) is 4.79 Å². The first-order valence-corrected chi connectivity index (χ1v) is 7.34. The van der Waals surface area contributed by atoms with Crippen LogP contribution in [0.1, 0.15) is 17.0 Å². The summed E-state index contributed by atoms with van der Waals surface area (Å²) in [6.45, 7) is 1.73. The molecule has 118 valence electrons. The summed E-state index contributed by atoms with van der Waals surface area (Å²) in [7, 11) is 0. The van der Waals surface area contributed by atoms with Crippen LogP contribution in [0.2, 0.25) is 0 Å². The van der Waals surface area contributed by atoms with Crippen LogP contribution in [0.5, 0.6) is 0 Å². The van der Waals surface area contributed by atoms with Crippen molar-refractivity contribution in [3.63, 3.8) is 0 Å². The standard InChI is InChI=1S/C18H12FN3O2/c1-10-20-17(22-24-10)12-4-2-11(3-5-12)8-15-14-9-13(19)6-7-16(14)21-18(15)23/h2-9H,1H3,(H,21,23)/b15-8-. The summed E-state index contributed by atoms with van der Waals surface area (Å²) < 4.78 is 18.4. The molecule has 0 fully saturated rings. The number of benzene rings is 2. The number of carbonyl (C=O) groups is 1. The zero-order valence-electron chi connectivity index (χ0n) is 12.7. The fraction of sp³-hybridized carbons (Fsp3) is 0.0556. The van der Waals surface area contributed by atoms with Gasteiger partial charge in [-0.05, 0) is 29.8 Å². The van der Waals surface area contributed by atoms with Gasteiger partial charge in [0.05, 0.1) is 0 Å². The van der Waals surface area contributed by atoms with Crippen LogP contribution in [0.15, 0.2) is 47.0 Å². The molecular formula is C18H12FN3O2. The maximum absolute atomic E-state index is 13.5. The topological polar surface area (TPSA) is 68.0 Å². The fourth-order valence-corrected chi connectivity index (χ4v) is 2.62. The Morgan fingerprint density at radius 1 is 1.17 bits per heavy atom. The second kappa shape index (κ2) is 5.42. The normalized spacial score (nSPS) is 14.8. The number of nitrogens with zero attached hydrogens (tertiary/aromatic N) is 2. The Bertz CT molecular complexity index is 974. The number of anilines is 1. The zero-order chi connectivity index (χ0) is 16.7. The Morgan fingerprint density at radius 2 is 1.96 bits per heavy atom. The number of hydrogen-bond acceptors (Lipinski definition) is 4. The second-order valence-electron chi connectivity index (χ2n) is 5.46. The van der Waals surface area contributed by atoms with Crippen molar-refractivity contribution >= 4 is 23.2 Å². The maximum Gasteiger partial charge on any atom is 0.256 e. The average Bonchev–Trinajstić information content (AvgIpc) is 3.13. The van der Waals surface area contributed by atoms with Crippen LogP contribution in [0, 0.1) is 12.7 Å². The minimum absolute atomic E-state index is 0.242. The van der Waals surface area contributed by atoms with Gasteiger partial charge in [0.2, 0.25) is 11.7 Å². The number of aryl methyl sites for hydroxylation is 1. The predicted molar refractivity (Wildman–Crippen MR) is 87.4 cm³/mol. The monoisotopic (exact) mass is 321 g/mol. The lowest BCUT2D eigenvalue weighted by Gasteiger charge is -2.00. The SMILES string of the molecule is Cc1nc(-c2ccc(/C=C3\C(=O)Nc4ccc(F)cc43)cc2)no1. The molecule has 1 aliphatic rings. The van der Waals surface area contributed by atoms with Gasteiger partial charge in [0.15, 0.2) is 0 Å². The first-order chi connectivity index (χ1) is 11.6. The summed E-state index contributed by atoms with van der Waals surface area (Å²) in [6, 6.07) is 11.6. The molecule has 0 spiro atoms. The van der Waals surface area contributed by atoms with Gasteiger partial charge in [-0.25, -0.2) is 4.39 Å². The lowest BCUT2D eigenvalue weighted by atomic mass is 10.0. The van der Waals surface area contributed by atoms with Gasteiger partial charge in [-0.2, -0.15) is 4.98 Å². The van der Waals surface area contributed by atoms with Gasteiger partial charge in [-0.1, -0.05) is 29.4 Å².